The zero-order chi connectivity index (χ0) is 18.0. The summed E-state index contributed by atoms with van der Waals surface area (Å²) < 4.78 is 3.94. The third-order valence-corrected chi connectivity index (χ3v) is 5.21. The van der Waals surface area contributed by atoms with E-state index in [-0.39, 0.29) is 11.7 Å². The molecule has 0 fully saturated rings. The van der Waals surface area contributed by atoms with Crippen molar-refractivity contribution in [2.24, 2.45) is 0 Å². The summed E-state index contributed by atoms with van der Waals surface area (Å²) in [6.45, 7) is 3.81. The first-order valence-electron chi connectivity index (χ1n) is 7.37. The molecule has 2 heterocycles. The Morgan fingerprint density at radius 2 is 2.08 bits per heavy atom. The predicted molar refractivity (Wildman–Crippen MR) is 105 cm³/mol. The summed E-state index contributed by atoms with van der Waals surface area (Å²) >= 11 is 3.39. The third kappa shape index (κ3) is 3.95. The highest BCUT2D eigenvalue weighted by Crippen LogP contribution is 2.20. The molecule has 130 valence electrons. The van der Waals surface area contributed by atoms with E-state index in [0.29, 0.717) is 11.1 Å². The highest BCUT2D eigenvalue weighted by molar-refractivity contribution is 14.1. The van der Waals surface area contributed by atoms with Crippen LogP contribution >= 0.6 is 34.4 Å². The molecule has 1 aromatic carbocycles. The number of nitrogens with zero attached hydrogens (tertiary/aromatic N) is 5. The Kier molecular flexibility index (Phi) is 5.27. The Hall–Kier alpha value is -2.08. The first kappa shape index (κ1) is 17.7. The maximum atomic E-state index is 12.1. The van der Waals surface area contributed by atoms with Crippen LogP contribution in [0.2, 0.25) is 0 Å². The molecular weight excluding hydrogens is 453 g/mol. The molecule has 0 aliphatic carbocycles. The van der Waals surface area contributed by atoms with Crippen molar-refractivity contribution in [2.45, 2.75) is 19.0 Å². The summed E-state index contributed by atoms with van der Waals surface area (Å²) in [4.78, 5) is 12.1. The standard InChI is InChI=1S/C15H16IN7OS/c1-9-7-10(2)23(21-9)14-19-20-15(22(14)17)25-8-13(24)18-12-6-4-3-5-11(12)16/h3-7H,8,17H2,1-2H3,(H,18,24). The normalized spacial score (nSPS) is 10.8. The Labute approximate surface area is 162 Å². The van der Waals surface area contributed by atoms with Crippen LogP contribution in [0.1, 0.15) is 11.4 Å². The molecular formula is C15H16IN7OS. The number of carbonyl (C=O) groups is 1. The lowest BCUT2D eigenvalue weighted by Gasteiger charge is -2.07. The summed E-state index contributed by atoms with van der Waals surface area (Å²) in [5, 5.41) is 15.8. The van der Waals surface area contributed by atoms with Gasteiger partial charge >= 0.3 is 0 Å². The number of para-hydroxylation sites is 1. The average molecular weight is 469 g/mol. The minimum atomic E-state index is -0.134. The molecule has 10 heteroatoms. The zero-order valence-corrected chi connectivity index (χ0v) is 16.6. The van der Waals surface area contributed by atoms with Gasteiger partial charge in [-0.05, 0) is 54.6 Å². The molecule has 25 heavy (non-hydrogen) atoms. The topological polar surface area (TPSA) is 104 Å². The molecule has 0 unspecified atom stereocenters. The van der Waals surface area contributed by atoms with E-state index in [1.165, 1.54) is 16.4 Å². The molecule has 2 aromatic heterocycles. The molecule has 0 aliphatic heterocycles. The van der Waals surface area contributed by atoms with Crippen molar-refractivity contribution >= 4 is 45.9 Å². The minimum Gasteiger partial charge on any atom is -0.334 e. The van der Waals surface area contributed by atoms with Crippen LogP contribution in [-0.4, -0.2) is 36.3 Å². The van der Waals surface area contributed by atoms with E-state index in [1.807, 2.05) is 44.2 Å². The van der Waals surface area contributed by atoms with Crippen LogP contribution in [0.5, 0.6) is 0 Å². The molecule has 8 nitrogen and oxygen atoms in total. The van der Waals surface area contributed by atoms with Gasteiger partial charge in [-0.25, -0.2) is 9.36 Å². The Balaban J connectivity index is 1.67. The van der Waals surface area contributed by atoms with Crippen molar-refractivity contribution in [1.29, 1.82) is 0 Å². The van der Waals surface area contributed by atoms with E-state index in [0.717, 1.165) is 20.6 Å². The van der Waals surface area contributed by atoms with Crippen LogP contribution in [0.15, 0.2) is 35.5 Å². The van der Waals surface area contributed by atoms with Gasteiger partial charge in [0.2, 0.25) is 11.1 Å². The number of benzene rings is 1. The van der Waals surface area contributed by atoms with E-state index in [9.17, 15) is 4.79 Å². The number of hydrogen-bond donors (Lipinski definition) is 2. The number of aryl methyl sites for hydroxylation is 2. The van der Waals surface area contributed by atoms with Crippen LogP contribution in [-0.2, 0) is 4.79 Å². The second-order valence-electron chi connectivity index (χ2n) is 5.31. The number of carbonyl (C=O) groups excluding carboxylic acids is 1. The molecule has 3 rings (SSSR count). The van der Waals surface area contributed by atoms with Crippen LogP contribution in [0.25, 0.3) is 5.95 Å². The van der Waals surface area contributed by atoms with Crippen molar-refractivity contribution in [3.63, 3.8) is 0 Å². The second kappa shape index (κ2) is 7.44. The van der Waals surface area contributed by atoms with Crippen molar-refractivity contribution in [3.8, 4) is 5.95 Å². The molecule has 0 saturated carbocycles. The van der Waals surface area contributed by atoms with E-state index in [2.05, 4.69) is 43.2 Å². The maximum absolute atomic E-state index is 12.1. The first-order valence-corrected chi connectivity index (χ1v) is 9.43. The molecule has 0 saturated heterocycles. The van der Waals surface area contributed by atoms with Gasteiger partial charge in [0.25, 0.3) is 5.95 Å². The smallest absolute Gasteiger partial charge is 0.271 e. The number of thioether (sulfide) groups is 1. The van der Waals surface area contributed by atoms with E-state index in [1.54, 1.807) is 4.68 Å². The zero-order valence-electron chi connectivity index (χ0n) is 13.6. The van der Waals surface area contributed by atoms with Crippen molar-refractivity contribution in [3.05, 3.63) is 45.3 Å². The van der Waals surface area contributed by atoms with Crippen LogP contribution < -0.4 is 11.2 Å². The number of rotatable bonds is 5. The van der Waals surface area contributed by atoms with Gasteiger partial charge < -0.3 is 11.2 Å². The second-order valence-corrected chi connectivity index (χ2v) is 7.41. The molecule has 1 amide bonds. The summed E-state index contributed by atoms with van der Waals surface area (Å²) in [5.74, 6) is 6.51. The summed E-state index contributed by atoms with van der Waals surface area (Å²) in [5.41, 5.74) is 2.56. The highest BCUT2D eigenvalue weighted by atomic mass is 127. The molecule has 0 bridgehead atoms. The van der Waals surface area contributed by atoms with Gasteiger partial charge in [-0.1, -0.05) is 23.9 Å². The van der Waals surface area contributed by atoms with Crippen molar-refractivity contribution in [2.75, 3.05) is 16.9 Å². The quantitative estimate of drug-likeness (QED) is 0.337. The summed E-state index contributed by atoms with van der Waals surface area (Å²) in [6, 6.07) is 9.51. The fourth-order valence-electron chi connectivity index (χ4n) is 2.22. The number of amides is 1. The lowest BCUT2D eigenvalue weighted by Crippen LogP contribution is -2.19. The SMILES string of the molecule is Cc1cc(C)n(-c2nnc(SCC(=O)Nc3ccccc3I)n2N)n1. The minimum absolute atomic E-state index is 0.134. The van der Waals surface area contributed by atoms with Gasteiger partial charge in [-0.15, -0.1) is 10.2 Å². The summed E-state index contributed by atoms with van der Waals surface area (Å²) in [6.07, 6.45) is 0. The largest absolute Gasteiger partial charge is 0.334 e. The fourth-order valence-corrected chi connectivity index (χ4v) is 3.40. The lowest BCUT2D eigenvalue weighted by molar-refractivity contribution is -0.113. The molecule has 3 N–H and O–H groups in total. The number of nitrogen functional groups attached to an aromatic ring is 1. The molecule has 3 aromatic rings. The Morgan fingerprint density at radius 3 is 2.76 bits per heavy atom. The van der Waals surface area contributed by atoms with Crippen LogP contribution in [0, 0.1) is 17.4 Å². The number of anilines is 1. The predicted octanol–water partition coefficient (Wildman–Crippen LogP) is 2.13. The maximum Gasteiger partial charge on any atom is 0.271 e. The number of halogens is 1. The fraction of sp³-hybridized carbons (Fsp3) is 0.200. The van der Waals surface area contributed by atoms with E-state index in [4.69, 9.17) is 5.84 Å². The summed E-state index contributed by atoms with van der Waals surface area (Å²) in [7, 11) is 0. The van der Waals surface area contributed by atoms with E-state index >= 15 is 0 Å². The van der Waals surface area contributed by atoms with Gasteiger partial charge in [0.1, 0.15) is 0 Å². The molecule has 0 atom stereocenters. The monoisotopic (exact) mass is 469 g/mol. The van der Waals surface area contributed by atoms with Gasteiger partial charge in [0.05, 0.1) is 17.1 Å². The van der Waals surface area contributed by atoms with Crippen LogP contribution in [0.3, 0.4) is 0 Å². The van der Waals surface area contributed by atoms with Gasteiger partial charge in [-0.2, -0.15) is 5.10 Å². The Bertz CT molecular complexity index is 920. The number of aromatic nitrogens is 5. The number of nitrogens with one attached hydrogen (secondary N) is 1. The average Bonchev–Trinajstić information content (AvgIpc) is 3.09. The number of hydrogen-bond acceptors (Lipinski definition) is 6. The lowest BCUT2D eigenvalue weighted by atomic mass is 10.3. The van der Waals surface area contributed by atoms with Gasteiger partial charge in [0.15, 0.2) is 0 Å². The Morgan fingerprint density at radius 1 is 1.32 bits per heavy atom. The molecule has 0 spiro atoms. The molecule has 0 radical (unpaired) electrons. The van der Waals surface area contributed by atoms with Gasteiger partial charge in [0, 0.05) is 9.26 Å². The first-order chi connectivity index (χ1) is 12.0. The van der Waals surface area contributed by atoms with E-state index < -0.39 is 0 Å². The highest BCUT2D eigenvalue weighted by Gasteiger charge is 2.16. The van der Waals surface area contributed by atoms with Crippen molar-refractivity contribution < 1.29 is 4.79 Å². The molecule has 0 aliphatic rings. The van der Waals surface area contributed by atoms with Crippen LogP contribution in [0.4, 0.5) is 5.69 Å². The van der Waals surface area contributed by atoms with Gasteiger partial charge in [-0.3, -0.25) is 4.79 Å². The van der Waals surface area contributed by atoms with Crippen molar-refractivity contribution in [1.82, 2.24) is 24.7 Å². The third-order valence-electron chi connectivity index (χ3n) is 3.33. The number of nitrogens with two attached hydrogens (primary N) is 1.